The van der Waals surface area contributed by atoms with Crippen LogP contribution < -0.4 is 9.47 Å². The van der Waals surface area contributed by atoms with Gasteiger partial charge in [-0.25, -0.2) is 4.98 Å². The van der Waals surface area contributed by atoms with Crippen LogP contribution in [0.2, 0.25) is 0 Å². The Bertz CT molecular complexity index is 629. The molecule has 0 aliphatic carbocycles. The lowest BCUT2D eigenvalue weighted by molar-refractivity contribution is 0.164. The van der Waals surface area contributed by atoms with Gasteiger partial charge in [0.25, 0.3) is 0 Å². The minimum atomic E-state index is 0.502. The molecule has 4 rings (SSSR count). The standard InChI is InChI=1S/C16H20N4O2/c1-3-13(16-15(5-1)21-7-8-22-16)9-19-6-2-4-14(19)10-20-12-17-11-18-20/h1,3,5,11-12,14H,2,4,6-10H2. The molecule has 1 saturated heterocycles. The average Bonchev–Trinajstić information content (AvgIpc) is 3.21. The fourth-order valence-electron chi connectivity index (χ4n) is 3.33. The molecule has 0 N–H and O–H groups in total. The van der Waals surface area contributed by atoms with Gasteiger partial charge in [0.05, 0.1) is 6.54 Å². The summed E-state index contributed by atoms with van der Waals surface area (Å²) in [5.74, 6) is 1.79. The first kappa shape index (κ1) is 13.6. The van der Waals surface area contributed by atoms with Gasteiger partial charge >= 0.3 is 0 Å². The molecule has 6 heteroatoms. The zero-order valence-electron chi connectivity index (χ0n) is 12.5. The number of aromatic nitrogens is 3. The third kappa shape index (κ3) is 2.66. The summed E-state index contributed by atoms with van der Waals surface area (Å²) in [6.07, 6.45) is 5.81. The number of hydrogen-bond acceptors (Lipinski definition) is 5. The minimum absolute atomic E-state index is 0.502. The van der Waals surface area contributed by atoms with Gasteiger partial charge in [-0.15, -0.1) is 0 Å². The summed E-state index contributed by atoms with van der Waals surface area (Å²) in [6.45, 7) is 4.17. The molecule has 22 heavy (non-hydrogen) atoms. The normalized spacial score (nSPS) is 21.2. The van der Waals surface area contributed by atoms with E-state index >= 15 is 0 Å². The molecular formula is C16H20N4O2. The molecule has 1 unspecified atom stereocenters. The molecule has 2 aromatic rings. The van der Waals surface area contributed by atoms with Crippen molar-refractivity contribution in [2.75, 3.05) is 19.8 Å². The lowest BCUT2D eigenvalue weighted by Crippen LogP contribution is -2.33. The van der Waals surface area contributed by atoms with E-state index in [2.05, 4.69) is 21.0 Å². The van der Waals surface area contributed by atoms with Gasteiger partial charge in [-0.1, -0.05) is 12.1 Å². The van der Waals surface area contributed by atoms with Crippen LogP contribution in [0.25, 0.3) is 0 Å². The molecule has 2 aliphatic heterocycles. The van der Waals surface area contributed by atoms with Crippen molar-refractivity contribution in [1.82, 2.24) is 19.7 Å². The SMILES string of the molecule is c1cc(CN2CCCC2Cn2cncn2)c2c(c1)OCCO2. The van der Waals surface area contributed by atoms with Gasteiger partial charge in [0.1, 0.15) is 25.9 Å². The van der Waals surface area contributed by atoms with Crippen LogP contribution in [0.5, 0.6) is 11.5 Å². The molecule has 0 spiro atoms. The highest BCUT2D eigenvalue weighted by molar-refractivity contribution is 5.47. The number of rotatable bonds is 4. The lowest BCUT2D eigenvalue weighted by Gasteiger charge is -2.27. The monoisotopic (exact) mass is 300 g/mol. The highest BCUT2D eigenvalue weighted by Gasteiger charge is 2.27. The second-order valence-corrected chi connectivity index (χ2v) is 5.83. The van der Waals surface area contributed by atoms with Crippen molar-refractivity contribution in [3.63, 3.8) is 0 Å². The van der Waals surface area contributed by atoms with E-state index in [-0.39, 0.29) is 0 Å². The second-order valence-electron chi connectivity index (χ2n) is 5.83. The predicted molar refractivity (Wildman–Crippen MR) is 80.9 cm³/mol. The van der Waals surface area contributed by atoms with Crippen LogP contribution in [0.4, 0.5) is 0 Å². The molecule has 1 aromatic heterocycles. The molecule has 1 atom stereocenters. The van der Waals surface area contributed by atoms with Crippen molar-refractivity contribution in [2.45, 2.75) is 32.0 Å². The summed E-state index contributed by atoms with van der Waals surface area (Å²) in [6, 6.07) is 6.67. The molecule has 0 radical (unpaired) electrons. The summed E-state index contributed by atoms with van der Waals surface area (Å²) in [4.78, 5) is 6.54. The lowest BCUT2D eigenvalue weighted by atomic mass is 10.1. The average molecular weight is 300 g/mol. The van der Waals surface area contributed by atoms with E-state index in [1.54, 1.807) is 12.7 Å². The molecule has 3 heterocycles. The molecule has 0 saturated carbocycles. The summed E-state index contributed by atoms with van der Waals surface area (Å²) >= 11 is 0. The first-order valence-electron chi connectivity index (χ1n) is 7.84. The van der Waals surface area contributed by atoms with Crippen molar-refractivity contribution >= 4 is 0 Å². The molecule has 2 aliphatic rings. The Kier molecular flexibility index (Phi) is 3.68. The van der Waals surface area contributed by atoms with Crippen molar-refractivity contribution < 1.29 is 9.47 Å². The fourth-order valence-corrected chi connectivity index (χ4v) is 3.33. The number of benzene rings is 1. The Balaban J connectivity index is 1.50. The van der Waals surface area contributed by atoms with Crippen molar-refractivity contribution in [3.8, 4) is 11.5 Å². The van der Waals surface area contributed by atoms with Gasteiger partial charge in [0, 0.05) is 18.2 Å². The van der Waals surface area contributed by atoms with E-state index in [4.69, 9.17) is 9.47 Å². The van der Waals surface area contributed by atoms with Crippen LogP contribution in [-0.2, 0) is 13.1 Å². The first-order chi connectivity index (χ1) is 10.9. The highest BCUT2D eigenvalue weighted by Crippen LogP contribution is 2.35. The summed E-state index contributed by atoms with van der Waals surface area (Å²) in [7, 11) is 0. The number of para-hydroxylation sites is 1. The van der Waals surface area contributed by atoms with Crippen LogP contribution in [0.3, 0.4) is 0 Å². The van der Waals surface area contributed by atoms with Crippen LogP contribution in [0.15, 0.2) is 30.9 Å². The summed E-state index contributed by atoms with van der Waals surface area (Å²) < 4.78 is 13.4. The Hall–Kier alpha value is -2.08. The zero-order valence-corrected chi connectivity index (χ0v) is 12.5. The van der Waals surface area contributed by atoms with Crippen LogP contribution in [-0.4, -0.2) is 45.5 Å². The van der Waals surface area contributed by atoms with Gasteiger partial charge in [-0.3, -0.25) is 9.58 Å². The summed E-state index contributed by atoms with van der Waals surface area (Å²) in [5, 5.41) is 4.23. The maximum Gasteiger partial charge on any atom is 0.165 e. The van der Waals surface area contributed by atoms with E-state index in [1.807, 2.05) is 16.8 Å². The summed E-state index contributed by atoms with van der Waals surface area (Å²) in [5.41, 5.74) is 1.21. The Morgan fingerprint density at radius 2 is 2.18 bits per heavy atom. The molecule has 0 bridgehead atoms. The van der Waals surface area contributed by atoms with Gasteiger partial charge in [0.15, 0.2) is 11.5 Å². The van der Waals surface area contributed by atoms with Crippen LogP contribution in [0, 0.1) is 0 Å². The Morgan fingerprint density at radius 3 is 3.09 bits per heavy atom. The van der Waals surface area contributed by atoms with Gasteiger partial charge in [-0.05, 0) is 25.5 Å². The van der Waals surface area contributed by atoms with Gasteiger partial charge in [0.2, 0.25) is 0 Å². The molecule has 116 valence electrons. The fraction of sp³-hybridized carbons (Fsp3) is 0.500. The number of nitrogens with zero attached hydrogens (tertiary/aromatic N) is 4. The van der Waals surface area contributed by atoms with Crippen molar-refractivity contribution in [3.05, 3.63) is 36.4 Å². The van der Waals surface area contributed by atoms with E-state index in [1.165, 1.54) is 18.4 Å². The molecule has 1 fully saturated rings. The maximum absolute atomic E-state index is 5.83. The first-order valence-corrected chi connectivity index (χ1v) is 7.84. The molecule has 6 nitrogen and oxygen atoms in total. The second kappa shape index (κ2) is 5.96. The molecular weight excluding hydrogens is 280 g/mol. The van der Waals surface area contributed by atoms with Crippen LogP contribution >= 0.6 is 0 Å². The third-order valence-electron chi connectivity index (χ3n) is 4.38. The predicted octanol–water partition coefficient (Wildman–Crippen LogP) is 1.71. The van der Waals surface area contributed by atoms with E-state index in [0.717, 1.165) is 31.1 Å². The molecule has 0 amide bonds. The highest BCUT2D eigenvalue weighted by atomic mass is 16.6. The van der Waals surface area contributed by atoms with Crippen molar-refractivity contribution in [1.29, 1.82) is 0 Å². The van der Waals surface area contributed by atoms with E-state index < -0.39 is 0 Å². The van der Waals surface area contributed by atoms with Gasteiger partial charge in [-0.2, -0.15) is 5.10 Å². The van der Waals surface area contributed by atoms with E-state index in [0.29, 0.717) is 19.3 Å². The maximum atomic E-state index is 5.83. The molecule has 1 aromatic carbocycles. The quantitative estimate of drug-likeness (QED) is 0.860. The third-order valence-corrected chi connectivity index (χ3v) is 4.38. The zero-order chi connectivity index (χ0) is 14.8. The Labute approximate surface area is 129 Å². The van der Waals surface area contributed by atoms with Crippen molar-refractivity contribution in [2.24, 2.45) is 0 Å². The minimum Gasteiger partial charge on any atom is -0.486 e. The smallest absolute Gasteiger partial charge is 0.165 e. The topological polar surface area (TPSA) is 52.4 Å². The van der Waals surface area contributed by atoms with Crippen LogP contribution in [0.1, 0.15) is 18.4 Å². The Morgan fingerprint density at radius 1 is 1.23 bits per heavy atom. The van der Waals surface area contributed by atoms with E-state index in [9.17, 15) is 0 Å². The van der Waals surface area contributed by atoms with Gasteiger partial charge < -0.3 is 9.47 Å². The number of likely N-dealkylation sites (tertiary alicyclic amines) is 1. The number of ether oxygens (including phenoxy) is 2. The number of hydrogen-bond donors (Lipinski definition) is 0. The number of fused-ring (bicyclic) bond motifs is 1. The largest absolute Gasteiger partial charge is 0.486 e.